The molecule has 0 saturated heterocycles. The number of alkyl halides is 4. The molecule has 0 saturated carbocycles. The van der Waals surface area contributed by atoms with Crippen LogP contribution in [0.1, 0.15) is 17.1 Å². The van der Waals surface area contributed by atoms with Gasteiger partial charge in [0.05, 0.1) is 12.1 Å². The first-order valence-electron chi connectivity index (χ1n) is 7.04. The minimum atomic E-state index is -4.44. The SMILES string of the molecule is Cc1ccc(CNC(=O)Nc2ccc3c(c2)C(F)(F)OC(F)(F)O3)o1. The Morgan fingerprint density at radius 1 is 1.16 bits per heavy atom. The minimum Gasteiger partial charge on any atom is -0.465 e. The summed E-state index contributed by atoms with van der Waals surface area (Å²) in [5.74, 6) is 0.442. The monoisotopic (exact) mass is 360 g/mol. The number of nitrogens with one attached hydrogen (secondary N) is 2. The Kier molecular flexibility index (Phi) is 4.07. The molecule has 1 aliphatic rings. The van der Waals surface area contributed by atoms with E-state index >= 15 is 0 Å². The Balaban J connectivity index is 1.69. The number of hydrogen-bond acceptors (Lipinski definition) is 4. The molecule has 2 N–H and O–H groups in total. The maximum Gasteiger partial charge on any atom is 0.540 e. The number of amides is 2. The maximum absolute atomic E-state index is 13.7. The van der Waals surface area contributed by atoms with Crippen molar-refractivity contribution >= 4 is 11.7 Å². The largest absolute Gasteiger partial charge is 0.540 e. The molecular weight excluding hydrogens is 348 g/mol. The molecule has 1 aromatic carbocycles. The number of furan rings is 1. The molecule has 0 bridgehead atoms. The summed E-state index contributed by atoms with van der Waals surface area (Å²) in [5.41, 5.74) is -0.971. The molecule has 0 fully saturated rings. The summed E-state index contributed by atoms with van der Waals surface area (Å²) < 4.78 is 65.8. The molecule has 25 heavy (non-hydrogen) atoms. The Bertz CT molecular complexity index is 807. The van der Waals surface area contributed by atoms with Gasteiger partial charge in [0.15, 0.2) is 0 Å². The molecule has 10 heteroatoms. The number of carbonyl (C=O) groups excluding carboxylic acids is 1. The highest BCUT2D eigenvalue weighted by Gasteiger charge is 2.54. The molecule has 0 spiro atoms. The van der Waals surface area contributed by atoms with Crippen molar-refractivity contribution in [2.45, 2.75) is 25.9 Å². The number of fused-ring (bicyclic) bond motifs is 1. The van der Waals surface area contributed by atoms with E-state index in [4.69, 9.17) is 4.42 Å². The maximum atomic E-state index is 13.7. The summed E-state index contributed by atoms with van der Waals surface area (Å²) in [6.45, 7) is 1.82. The molecule has 6 nitrogen and oxygen atoms in total. The molecule has 2 aromatic rings. The van der Waals surface area contributed by atoms with E-state index in [1.807, 2.05) is 0 Å². The molecule has 0 aliphatic carbocycles. The molecule has 2 amide bonds. The van der Waals surface area contributed by atoms with Gasteiger partial charge in [0.1, 0.15) is 17.3 Å². The normalized spacial score (nSPS) is 17.3. The van der Waals surface area contributed by atoms with Gasteiger partial charge < -0.3 is 19.8 Å². The average Bonchev–Trinajstić information content (AvgIpc) is 2.90. The van der Waals surface area contributed by atoms with Crippen LogP contribution in [0.2, 0.25) is 0 Å². The number of hydrogen-bond donors (Lipinski definition) is 2. The van der Waals surface area contributed by atoms with Gasteiger partial charge in [-0.3, -0.25) is 0 Å². The second kappa shape index (κ2) is 5.96. The van der Waals surface area contributed by atoms with Gasteiger partial charge in [0.2, 0.25) is 0 Å². The standard InChI is InChI=1S/C15H12F4N2O4/c1-8-2-4-10(23-8)7-20-13(22)21-9-3-5-12-11(6-9)14(16,17)25-15(18,19)24-12/h2-6H,7H2,1H3,(H2,20,21,22). The number of halogens is 4. The number of rotatable bonds is 3. The predicted octanol–water partition coefficient (Wildman–Crippen LogP) is 3.92. The van der Waals surface area contributed by atoms with Crippen molar-refractivity contribution < 1.29 is 36.2 Å². The van der Waals surface area contributed by atoms with E-state index in [1.165, 1.54) is 0 Å². The third-order valence-corrected chi connectivity index (χ3v) is 3.25. The summed E-state index contributed by atoms with van der Waals surface area (Å²) in [6, 6.07) is 5.53. The van der Waals surface area contributed by atoms with Crippen LogP contribution in [0.3, 0.4) is 0 Å². The average molecular weight is 360 g/mol. The molecule has 2 heterocycles. The zero-order valence-corrected chi connectivity index (χ0v) is 12.7. The predicted molar refractivity (Wildman–Crippen MR) is 76.3 cm³/mol. The minimum absolute atomic E-state index is 0.0519. The first-order chi connectivity index (χ1) is 11.6. The number of aryl methyl sites for hydroxylation is 1. The third kappa shape index (κ3) is 3.85. The number of benzene rings is 1. The Morgan fingerprint density at radius 3 is 2.60 bits per heavy atom. The zero-order valence-electron chi connectivity index (χ0n) is 12.7. The number of carbonyl (C=O) groups is 1. The number of ether oxygens (including phenoxy) is 2. The van der Waals surface area contributed by atoms with Crippen molar-refractivity contribution in [1.82, 2.24) is 5.32 Å². The second-order valence-corrected chi connectivity index (χ2v) is 5.22. The van der Waals surface area contributed by atoms with Gasteiger partial charge in [-0.2, -0.15) is 8.78 Å². The van der Waals surface area contributed by atoms with Crippen molar-refractivity contribution in [3.05, 3.63) is 47.4 Å². The number of anilines is 1. The van der Waals surface area contributed by atoms with Crippen molar-refractivity contribution in [2.75, 3.05) is 5.32 Å². The lowest BCUT2D eigenvalue weighted by atomic mass is 10.1. The fourth-order valence-electron chi connectivity index (χ4n) is 2.20. The quantitative estimate of drug-likeness (QED) is 0.814. The molecule has 0 atom stereocenters. The Hall–Kier alpha value is -2.75. The lowest BCUT2D eigenvalue weighted by molar-refractivity contribution is -0.461. The smallest absolute Gasteiger partial charge is 0.465 e. The van der Waals surface area contributed by atoms with Crippen LogP contribution in [0.25, 0.3) is 0 Å². The lowest BCUT2D eigenvalue weighted by Crippen LogP contribution is -2.41. The molecule has 0 radical (unpaired) electrons. The van der Waals surface area contributed by atoms with Gasteiger partial charge in [-0.05, 0) is 37.3 Å². The van der Waals surface area contributed by atoms with E-state index in [-0.39, 0.29) is 12.2 Å². The van der Waals surface area contributed by atoms with Crippen molar-refractivity contribution in [3.8, 4) is 5.75 Å². The van der Waals surface area contributed by atoms with Crippen LogP contribution in [0, 0.1) is 6.92 Å². The highest BCUT2D eigenvalue weighted by atomic mass is 19.3. The molecule has 134 valence electrons. The fourth-order valence-corrected chi connectivity index (χ4v) is 2.20. The van der Waals surface area contributed by atoms with Crippen molar-refractivity contribution in [3.63, 3.8) is 0 Å². The van der Waals surface area contributed by atoms with E-state index in [0.29, 0.717) is 11.5 Å². The van der Waals surface area contributed by atoms with Crippen LogP contribution in [0.4, 0.5) is 28.0 Å². The summed E-state index contributed by atoms with van der Waals surface area (Å²) in [6.07, 6.45) is -8.71. The van der Waals surface area contributed by atoms with E-state index in [0.717, 1.165) is 18.2 Å². The van der Waals surface area contributed by atoms with Crippen LogP contribution < -0.4 is 15.4 Å². The Morgan fingerprint density at radius 2 is 1.92 bits per heavy atom. The molecular formula is C15H12F4N2O4. The number of urea groups is 1. The van der Waals surface area contributed by atoms with Gasteiger partial charge in [0, 0.05) is 5.69 Å². The van der Waals surface area contributed by atoms with Crippen LogP contribution >= 0.6 is 0 Å². The summed E-state index contributed by atoms with van der Waals surface area (Å²) in [4.78, 5) is 11.8. The van der Waals surface area contributed by atoms with Gasteiger partial charge in [-0.25, -0.2) is 9.53 Å². The van der Waals surface area contributed by atoms with Crippen LogP contribution in [0.15, 0.2) is 34.7 Å². The summed E-state index contributed by atoms with van der Waals surface area (Å²) >= 11 is 0. The van der Waals surface area contributed by atoms with Gasteiger partial charge in [-0.1, -0.05) is 0 Å². The first kappa shape index (κ1) is 17.1. The summed E-state index contributed by atoms with van der Waals surface area (Å²) in [5, 5.41) is 4.76. The molecule has 1 aromatic heterocycles. The summed E-state index contributed by atoms with van der Waals surface area (Å²) in [7, 11) is 0. The highest BCUT2D eigenvalue weighted by molar-refractivity contribution is 5.89. The highest BCUT2D eigenvalue weighted by Crippen LogP contribution is 2.46. The van der Waals surface area contributed by atoms with Gasteiger partial charge in [-0.15, -0.1) is 8.78 Å². The van der Waals surface area contributed by atoms with Crippen LogP contribution in [-0.2, 0) is 17.4 Å². The zero-order chi connectivity index (χ0) is 18.2. The Labute approximate surface area is 138 Å². The van der Waals surface area contributed by atoms with E-state index in [9.17, 15) is 22.4 Å². The topological polar surface area (TPSA) is 72.7 Å². The fraction of sp³-hybridized carbons (Fsp3) is 0.267. The first-order valence-corrected chi connectivity index (χ1v) is 7.04. The van der Waals surface area contributed by atoms with E-state index < -0.39 is 29.7 Å². The van der Waals surface area contributed by atoms with Crippen molar-refractivity contribution in [2.24, 2.45) is 0 Å². The van der Waals surface area contributed by atoms with Crippen LogP contribution in [0.5, 0.6) is 5.75 Å². The van der Waals surface area contributed by atoms with Gasteiger partial charge in [0.25, 0.3) is 0 Å². The van der Waals surface area contributed by atoms with E-state index in [1.54, 1.807) is 19.1 Å². The molecule has 1 aliphatic heterocycles. The van der Waals surface area contributed by atoms with Crippen LogP contribution in [-0.4, -0.2) is 12.3 Å². The van der Waals surface area contributed by atoms with E-state index in [2.05, 4.69) is 20.1 Å². The third-order valence-electron chi connectivity index (χ3n) is 3.25. The van der Waals surface area contributed by atoms with Crippen molar-refractivity contribution in [1.29, 1.82) is 0 Å². The second-order valence-electron chi connectivity index (χ2n) is 5.22. The lowest BCUT2D eigenvalue weighted by Gasteiger charge is -2.30. The molecule has 3 rings (SSSR count). The molecule has 0 unspecified atom stereocenters. The van der Waals surface area contributed by atoms with Gasteiger partial charge >= 0.3 is 18.4 Å².